The number of rotatable bonds is 23. The first-order chi connectivity index (χ1) is 13.3. The van der Waals surface area contributed by atoms with Gasteiger partial charge in [-0.1, -0.05) is 162 Å². The van der Waals surface area contributed by atoms with Crippen molar-refractivity contribution in [3.63, 3.8) is 0 Å². The van der Waals surface area contributed by atoms with Crippen LogP contribution in [0, 0.1) is 12.3 Å². The van der Waals surface area contributed by atoms with Crippen LogP contribution in [0.3, 0.4) is 0 Å². The van der Waals surface area contributed by atoms with E-state index in [1.807, 2.05) is 0 Å². The van der Waals surface area contributed by atoms with Gasteiger partial charge in [-0.15, -0.1) is 0 Å². The molecule has 0 fully saturated rings. The molecule has 1 radical (unpaired) electrons. The summed E-state index contributed by atoms with van der Waals surface area (Å²) in [5.41, 5.74) is 0. The minimum absolute atomic E-state index is 0.895. The maximum Gasteiger partial charge on any atom is -0.0386 e. The van der Waals surface area contributed by atoms with Gasteiger partial charge in [0.05, 0.1) is 0 Å². The molecule has 0 aromatic heterocycles. The molecule has 0 saturated carbocycles. The highest BCUT2D eigenvalue weighted by molar-refractivity contribution is 4.64. The molecule has 0 aliphatic rings. The van der Waals surface area contributed by atoms with Crippen LogP contribution in [-0.4, -0.2) is 0 Å². The molecule has 0 rings (SSSR count). The zero-order valence-corrected chi connectivity index (χ0v) is 19.7. The molecule has 0 saturated heterocycles. The van der Waals surface area contributed by atoms with Crippen LogP contribution in [0.4, 0.5) is 0 Å². The van der Waals surface area contributed by atoms with Gasteiger partial charge < -0.3 is 0 Å². The van der Waals surface area contributed by atoms with E-state index in [1.54, 1.807) is 0 Å². The van der Waals surface area contributed by atoms with Crippen LogP contribution in [0.2, 0.25) is 0 Å². The molecular formula is C27H55. The van der Waals surface area contributed by atoms with Gasteiger partial charge in [0.25, 0.3) is 0 Å². The molecule has 0 spiro atoms. The molecular weight excluding hydrogens is 324 g/mol. The summed E-state index contributed by atoms with van der Waals surface area (Å²) in [7, 11) is 0. The normalized spacial score (nSPS) is 11.6. The first kappa shape index (κ1) is 27.0. The Balaban J connectivity index is 2.97. The fourth-order valence-electron chi connectivity index (χ4n) is 4.00. The first-order valence-corrected chi connectivity index (χ1v) is 13.1. The third-order valence-corrected chi connectivity index (χ3v) is 5.95. The lowest BCUT2D eigenvalue weighted by molar-refractivity contribution is 0.506. The fraction of sp³-hybridized carbons (Fsp3) is 0.963. The van der Waals surface area contributed by atoms with Gasteiger partial charge in [0.1, 0.15) is 0 Å². The molecule has 0 nitrogen and oxygen atoms in total. The smallest absolute Gasteiger partial charge is 0.0386 e. The van der Waals surface area contributed by atoms with E-state index in [1.165, 1.54) is 141 Å². The van der Waals surface area contributed by atoms with E-state index in [4.69, 9.17) is 0 Å². The summed E-state index contributed by atoms with van der Waals surface area (Å²) in [6.45, 7) is 6.98. The van der Waals surface area contributed by atoms with E-state index in [9.17, 15) is 0 Å². The zero-order chi connectivity index (χ0) is 19.8. The third kappa shape index (κ3) is 26.0. The van der Waals surface area contributed by atoms with Gasteiger partial charge in [0.15, 0.2) is 0 Å². The molecule has 0 amide bonds. The third-order valence-electron chi connectivity index (χ3n) is 5.95. The second-order valence-corrected chi connectivity index (χ2v) is 9.41. The highest BCUT2D eigenvalue weighted by Gasteiger charge is 1.96. The molecule has 0 aromatic carbocycles. The maximum absolute atomic E-state index is 2.57. The molecule has 0 atom stereocenters. The van der Waals surface area contributed by atoms with Crippen LogP contribution in [0.15, 0.2) is 0 Å². The van der Waals surface area contributed by atoms with Crippen molar-refractivity contribution in [2.24, 2.45) is 5.92 Å². The largest absolute Gasteiger partial charge is 0.0654 e. The average Bonchev–Trinajstić information content (AvgIpc) is 2.65. The Kier molecular flexibility index (Phi) is 24.0. The van der Waals surface area contributed by atoms with Gasteiger partial charge in [0, 0.05) is 0 Å². The van der Waals surface area contributed by atoms with Gasteiger partial charge in [-0.2, -0.15) is 0 Å². The van der Waals surface area contributed by atoms with Crippen LogP contribution in [0.25, 0.3) is 0 Å². The quantitative estimate of drug-likeness (QED) is 0.155. The number of hydrogen-bond donors (Lipinski definition) is 0. The lowest BCUT2D eigenvalue weighted by Gasteiger charge is -2.05. The molecule has 0 aliphatic carbocycles. The average molecular weight is 380 g/mol. The van der Waals surface area contributed by atoms with Crippen LogP contribution in [0.5, 0.6) is 0 Å². The predicted octanol–water partition coefficient (Wildman–Crippen LogP) is 10.4. The Hall–Kier alpha value is 0. The molecule has 0 aliphatic heterocycles. The fourth-order valence-corrected chi connectivity index (χ4v) is 4.00. The molecule has 0 N–H and O–H groups in total. The summed E-state index contributed by atoms with van der Waals surface area (Å²) in [5, 5.41) is 0. The van der Waals surface area contributed by atoms with Crippen molar-refractivity contribution in [2.75, 3.05) is 0 Å². The zero-order valence-electron chi connectivity index (χ0n) is 19.7. The summed E-state index contributed by atoms with van der Waals surface area (Å²) >= 11 is 0. The van der Waals surface area contributed by atoms with Crippen molar-refractivity contribution in [2.45, 2.75) is 162 Å². The second-order valence-electron chi connectivity index (χ2n) is 9.41. The van der Waals surface area contributed by atoms with E-state index in [0.29, 0.717) is 0 Å². The summed E-state index contributed by atoms with van der Waals surface area (Å²) in [5.74, 6) is 0.895. The van der Waals surface area contributed by atoms with Gasteiger partial charge in [-0.3, -0.25) is 0 Å². The van der Waals surface area contributed by atoms with Crippen LogP contribution < -0.4 is 0 Å². The highest BCUT2D eigenvalue weighted by Crippen LogP contribution is 2.15. The maximum atomic E-state index is 2.57. The monoisotopic (exact) mass is 379 g/mol. The lowest BCUT2D eigenvalue weighted by atomic mass is 10.0. The molecule has 0 aromatic rings. The standard InChI is InChI=1S/C27H55/c1-4-5-6-7-8-9-10-11-12-13-14-15-16-17-18-19-20-21-22-23-24-25-26-27(2)3/h16,27H,4-15,17-26H2,1-3H3. The number of unbranched alkanes of at least 4 members (excludes halogenated alkanes) is 21. The van der Waals surface area contributed by atoms with E-state index >= 15 is 0 Å². The van der Waals surface area contributed by atoms with Crippen LogP contribution in [-0.2, 0) is 0 Å². The van der Waals surface area contributed by atoms with Gasteiger partial charge >= 0.3 is 0 Å². The van der Waals surface area contributed by atoms with Gasteiger partial charge in [-0.05, 0) is 12.3 Å². The van der Waals surface area contributed by atoms with Gasteiger partial charge in [0.2, 0.25) is 0 Å². The molecule has 163 valence electrons. The van der Waals surface area contributed by atoms with E-state index in [0.717, 1.165) is 5.92 Å². The minimum Gasteiger partial charge on any atom is -0.0654 e. The second kappa shape index (κ2) is 24.0. The Morgan fingerprint density at radius 2 is 0.778 bits per heavy atom. The molecule has 0 heteroatoms. The topological polar surface area (TPSA) is 0 Å². The summed E-state index contributed by atoms with van der Waals surface area (Å²) in [6, 6.07) is 0. The van der Waals surface area contributed by atoms with Crippen molar-refractivity contribution in [1.29, 1.82) is 0 Å². The molecule has 0 unspecified atom stereocenters. The van der Waals surface area contributed by atoms with Crippen molar-refractivity contribution in [3.8, 4) is 0 Å². The summed E-state index contributed by atoms with van der Waals surface area (Å²) < 4.78 is 0. The molecule has 0 bridgehead atoms. The Morgan fingerprint density at radius 3 is 1.15 bits per heavy atom. The first-order valence-electron chi connectivity index (χ1n) is 13.1. The molecule has 0 heterocycles. The summed E-state index contributed by atoms with van der Waals surface area (Å²) in [6.07, 6.45) is 34.5. The van der Waals surface area contributed by atoms with E-state index in [-0.39, 0.29) is 0 Å². The summed E-state index contributed by atoms with van der Waals surface area (Å²) in [4.78, 5) is 0. The van der Waals surface area contributed by atoms with E-state index in [2.05, 4.69) is 27.2 Å². The van der Waals surface area contributed by atoms with Gasteiger partial charge in [-0.25, -0.2) is 0 Å². The lowest BCUT2D eigenvalue weighted by Crippen LogP contribution is -1.87. The Labute approximate surface area is 174 Å². The van der Waals surface area contributed by atoms with Crippen molar-refractivity contribution in [3.05, 3.63) is 6.42 Å². The SMILES string of the molecule is CCCCCCCCCCCCC[CH]CCCCCCCCCCC(C)C. The predicted molar refractivity (Wildman–Crippen MR) is 126 cm³/mol. The van der Waals surface area contributed by atoms with Crippen molar-refractivity contribution < 1.29 is 0 Å². The van der Waals surface area contributed by atoms with Crippen molar-refractivity contribution in [1.82, 2.24) is 0 Å². The van der Waals surface area contributed by atoms with Crippen LogP contribution >= 0.6 is 0 Å². The highest BCUT2D eigenvalue weighted by atomic mass is 14.0. The van der Waals surface area contributed by atoms with Crippen molar-refractivity contribution >= 4 is 0 Å². The number of hydrogen-bond acceptors (Lipinski definition) is 0. The van der Waals surface area contributed by atoms with E-state index < -0.39 is 0 Å². The molecule has 27 heavy (non-hydrogen) atoms. The Bertz CT molecular complexity index is 242. The Morgan fingerprint density at radius 1 is 0.444 bits per heavy atom. The minimum atomic E-state index is 0.895. The van der Waals surface area contributed by atoms with Crippen LogP contribution in [0.1, 0.15) is 162 Å².